The predicted molar refractivity (Wildman–Crippen MR) is 72.2 cm³/mol. The molecule has 0 aromatic heterocycles. The van der Waals surface area contributed by atoms with E-state index in [1.807, 2.05) is 30.3 Å². The van der Waals surface area contributed by atoms with E-state index in [0.717, 1.165) is 31.2 Å². The van der Waals surface area contributed by atoms with Crippen molar-refractivity contribution >= 4 is 5.97 Å². The number of aliphatic hydroxyl groups is 1. The van der Waals surface area contributed by atoms with Crippen LogP contribution in [0.4, 0.5) is 0 Å². The summed E-state index contributed by atoms with van der Waals surface area (Å²) < 4.78 is 5.15. The third-order valence-electron chi connectivity index (χ3n) is 3.75. The first kappa shape index (κ1) is 14.0. The minimum Gasteiger partial charge on any atom is -0.460 e. The number of carbonyl (C=O) groups excluding carboxylic acids is 1. The van der Waals surface area contributed by atoms with E-state index in [0.29, 0.717) is 0 Å². The zero-order valence-electron chi connectivity index (χ0n) is 11.0. The average molecular weight is 263 g/mol. The van der Waals surface area contributed by atoms with Gasteiger partial charge in [0.25, 0.3) is 0 Å². The zero-order valence-corrected chi connectivity index (χ0v) is 11.0. The molecule has 0 unspecified atom stereocenters. The molecule has 0 saturated heterocycles. The fourth-order valence-electron chi connectivity index (χ4n) is 2.56. The summed E-state index contributed by atoms with van der Waals surface area (Å²) in [5.41, 5.74) is 6.70. The molecule has 1 aromatic rings. The van der Waals surface area contributed by atoms with Crippen molar-refractivity contribution in [2.75, 3.05) is 0 Å². The van der Waals surface area contributed by atoms with Crippen molar-refractivity contribution in [2.24, 2.45) is 11.7 Å². The number of rotatable bonds is 5. The number of hydrogen-bond donors (Lipinski definition) is 2. The Morgan fingerprint density at radius 2 is 1.95 bits per heavy atom. The van der Waals surface area contributed by atoms with E-state index in [-0.39, 0.29) is 12.5 Å². The molecule has 1 aromatic carbocycles. The van der Waals surface area contributed by atoms with Gasteiger partial charge < -0.3 is 15.6 Å². The van der Waals surface area contributed by atoms with Crippen LogP contribution in [0.3, 0.4) is 0 Å². The summed E-state index contributed by atoms with van der Waals surface area (Å²) >= 11 is 0. The maximum Gasteiger partial charge on any atom is 0.325 e. The molecule has 4 nitrogen and oxygen atoms in total. The van der Waals surface area contributed by atoms with Gasteiger partial charge in [-0.25, -0.2) is 0 Å². The lowest BCUT2D eigenvalue weighted by Crippen LogP contribution is -2.46. The topological polar surface area (TPSA) is 72.6 Å². The number of hydrogen-bond acceptors (Lipinski definition) is 4. The molecule has 0 radical (unpaired) electrons. The third kappa shape index (κ3) is 3.78. The number of nitrogens with two attached hydrogens (primary N) is 1. The van der Waals surface area contributed by atoms with Crippen LogP contribution in [0.1, 0.15) is 31.2 Å². The van der Waals surface area contributed by atoms with Crippen LogP contribution in [0, 0.1) is 5.92 Å². The van der Waals surface area contributed by atoms with Crippen LogP contribution in [-0.2, 0) is 16.1 Å². The van der Waals surface area contributed by atoms with Gasteiger partial charge in [0.1, 0.15) is 12.6 Å². The Morgan fingerprint density at radius 3 is 2.58 bits per heavy atom. The lowest BCUT2D eigenvalue weighted by molar-refractivity contribution is -0.150. The standard InChI is InChI=1S/C15H21NO3/c16-13(14(17)12-8-4-5-9-12)15(18)19-10-11-6-2-1-3-7-11/h1-3,6-7,12-14,17H,4-5,8-10,16H2/t13-,14-/m0/s1. The van der Waals surface area contributed by atoms with E-state index < -0.39 is 18.1 Å². The van der Waals surface area contributed by atoms with Gasteiger partial charge in [-0.2, -0.15) is 0 Å². The van der Waals surface area contributed by atoms with Gasteiger partial charge in [0, 0.05) is 0 Å². The molecule has 1 aliphatic rings. The van der Waals surface area contributed by atoms with Crippen molar-refractivity contribution < 1.29 is 14.6 Å². The normalized spacial score (nSPS) is 19.1. The lowest BCUT2D eigenvalue weighted by atomic mass is 9.95. The fourth-order valence-corrected chi connectivity index (χ4v) is 2.56. The van der Waals surface area contributed by atoms with Crippen LogP contribution in [0.25, 0.3) is 0 Å². The maximum atomic E-state index is 11.8. The molecule has 2 rings (SSSR count). The van der Waals surface area contributed by atoms with Gasteiger partial charge in [-0.05, 0) is 24.3 Å². The molecule has 2 atom stereocenters. The van der Waals surface area contributed by atoms with E-state index in [4.69, 9.17) is 10.5 Å². The highest BCUT2D eigenvalue weighted by Gasteiger charge is 2.32. The summed E-state index contributed by atoms with van der Waals surface area (Å²) in [7, 11) is 0. The van der Waals surface area contributed by atoms with Crippen molar-refractivity contribution in [3.05, 3.63) is 35.9 Å². The molecule has 0 heterocycles. The summed E-state index contributed by atoms with van der Waals surface area (Å²) in [4.78, 5) is 11.8. The predicted octanol–water partition coefficient (Wildman–Crippen LogP) is 1.61. The van der Waals surface area contributed by atoms with Crippen LogP contribution in [0.15, 0.2) is 30.3 Å². The molecule has 0 bridgehead atoms. The van der Waals surface area contributed by atoms with Crippen molar-refractivity contribution in [3.8, 4) is 0 Å². The summed E-state index contributed by atoms with van der Waals surface area (Å²) in [6.45, 7) is 0.199. The van der Waals surface area contributed by atoms with Crippen LogP contribution >= 0.6 is 0 Å². The molecule has 1 aliphatic carbocycles. The number of benzene rings is 1. The van der Waals surface area contributed by atoms with Gasteiger partial charge in [-0.3, -0.25) is 4.79 Å². The van der Waals surface area contributed by atoms with Gasteiger partial charge in [0.15, 0.2) is 0 Å². The van der Waals surface area contributed by atoms with Crippen molar-refractivity contribution in [1.29, 1.82) is 0 Å². The van der Waals surface area contributed by atoms with Gasteiger partial charge in [0.2, 0.25) is 0 Å². The Hall–Kier alpha value is -1.39. The smallest absolute Gasteiger partial charge is 0.325 e. The van der Waals surface area contributed by atoms with Crippen LogP contribution < -0.4 is 5.73 Å². The Morgan fingerprint density at radius 1 is 1.32 bits per heavy atom. The Kier molecular flexibility index (Phi) is 4.93. The van der Waals surface area contributed by atoms with E-state index in [9.17, 15) is 9.90 Å². The number of ether oxygens (including phenoxy) is 1. The fraction of sp³-hybridized carbons (Fsp3) is 0.533. The third-order valence-corrected chi connectivity index (χ3v) is 3.75. The maximum absolute atomic E-state index is 11.8. The molecular formula is C15H21NO3. The first-order valence-corrected chi connectivity index (χ1v) is 6.82. The van der Waals surface area contributed by atoms with Crippen LogP contribution in [0.5, 0.6) is 0 Å². The number of carbonyl (C=O) groups is 1. The molecule has 19 heavy (non-hydrogen) atoms. The quantitative estimate of drug-likeness (QED) is 0.792. The van der Waals surface area contributed by atoms with E-state index in [2.05, 4.69) is 0 Å². The van der Waals surface area contributed by atoms with Gasteiger partial charge in [0.05, 0.1) is 6.10 Å². The molecule has 0 amide bonds. The summed E-state index contributed by atoms with van der Waals surface area (Å²) in [5, 5.41) is 10.1. The van der Waals surface area contributed by atoms with E-state index in [1.165, 1.54) is 0 Å². The monoisotopic (exact) mass is 263 g/mol. The minimum absolute atomic E-state index is 0.138. The highest BCUT2D eigenvalue weighted by Crippen LogP contribution is 2.28. The SMILES string of the molecule is N[C@H](C(=O)OCc1ccccc1)[C@@H](O)C1CCCC1. The molecule has 104 valence electrons. The number of esters is 1. The molecule has 0 aliphatic heterocycles. The Bertz CT molecular complexity index is 401. The second-order valence-corrected chi connectivity index (χ2v) is 5.15. The van der Waals surface area contributed by atoms with Gasteiger partial charge in [-0.15, -0.1) is 0 Å². The second kappa shape index (κ2) is 6.68. The van der Waals surface area contributed by atoms with Crippen LogP contribution in [0.2, 0.25) is 0 Å². The van der Waals surface area contributed by atoms with Crippen molar-refractivity contribution in [2.45, 2.75) is 44.4 Å². The van der Waals surface area contributed by atoms with E-state index in [1.54, 1.807) is 0 Å². The minimum atomic E-state index is -0.938. The highest BCUT2D eigenvalue weighted by atomic mass is 16.5. The molecule has 0 spiro atoms. The molecular weight excluding hydrogens is 242 g/mol. The summed E-state index contributed by atoms with van der Waals surface area (Å²) in [6.07, 6.45) is 3.31. The first-order valence-electron chi connectivity index (χ1n) is 6.82. The largest absolute Gasteiger partial charge is 0.460 e. The summed E-state index contributed by atoms with van der Waals surface area (Å²) in [6, 6.07) is 8.50. The molecule has 1 saturated carbocycles. The highest BCUT2D eigenvalue weighted by molar-refractivity contribution is 5.76. The lowest BCUT2D eigenvalue weighted by Gasteiger charge is -2.22. The van der Waals surface area contributed by atoms with Crippen molar-refractivity contribution in [3.63, 3.8) is 0 Å². The Labute approximate surface area is 113 Å². The number of aliphatic hydroxyl groups excluding tert-OH is 1. The van der Waals surface area contributed by atoms with Crippen LogP contribution in [-0.4, -0.2) is 23.2 Å². The molecule has 4 heteroatoms. The summed E-state index contributed by atoms with van der Waals surface area (Å²) in [5.74, 6) is -0.387. The van der Waals surface area contributed by atoms with Gasteiger partial charge in [-0.1, -0.05) is 43.2 Å². The molecule has 3 N–H and O–H groups in total. The first-order chi connectivity index (χ1) is 9.18. The zero-order chi connectivity index (χ0) is 13.7. The molecule has 1 fully saturated rings. The van der Waals surface area contributed by atoms with Crippen molar-refractivity contribution in [1.82, 2.24) is 0 Å². The second-order valence-electron chi connectivity index (χ2n) is 5.15. The van der Waals surface area contributed by atoms with E-state index >= 15 is 0 Å². The van der Waals surface area contributed by atoms with Gasteiger partial charge >= 0.3 is 5.97 Å². The Balaban J connectivity index is 1.81. The average Bonchev–Trinajstić information content (AvgIpc) is 2.98.